The van der Waals surface area contributed by atoms with Crippen LogP contribution in [0.5, 0.6) is 0 Å². The van der Waals surface area contributed by atoms with Crippen molar-refractivity contribution in [2.45, 2.75) is 52.5 Å². The molecule has 0 spiro atoms. The van der Waals surface area contributed by atoms with Crippen LogP contribution in [0.15, 0.2) is 0 Å². The Bertz CT molecular complexity index is 152. The Labute approximate surface area is 88.6 Å². The predicted molar refractivity (Wildman–Crippen MR) is 62.3 cm³/mol. The third kappa shape index (κ3) is 3.58. The van der Waals surface area contributed by atoms with Crippen LogP contribution in [0.3, 0.4) is 0 Å². The Balaban J connectivity index is 2.24. The minimum Gasteiger partial charge on any atom is -0.329 e. The zero-order chi connectivity index (χ0) is 10.6. The first-order valence-corrected chi connectivity index (χ1v) is 5.97. The van der Waals surface area contributed by atoms with E-state index in [0.717, 1.165) is 25.0 Å². The molecule has 2 nitrogen and oxygen atoms in total. The molecule has 3 N–H and O–H groups in total. The van der Waals surface area contributed by atoms with Crippen LogP contribution < -0.4 is 11.1 Å². The fraction of sp³-hybridized carbons (Fsp3) is 1.00. The van der Waals surface area contributed by atoms with Crippen molar-refractivity contribution in [1.29, 1.82) is 0 Å². The van der Waals surface area contributed by atoms with E-state index in [1.54, 1.807) is 0 Å². The van der Waals surface area contributed by atoms with Gasteiger partial charge in [0.1, 0.15) is 0 Å². The van der Waals surface area contributed by atoms with Gasteiger partial charge in [-0.1, -0.05) is 20.8 Å². The molecule has 1 saturated carbocycles. The monoisotopic (exact) mass is 198 g/mol. The van der Waals surface area contributed by atoms with Gasteiger partial charge in [0.15, 0.2) is 0 Å². The lowest BCUT2D eigenvalue weighted by atomic mass is 9.71. The molecule has 14 heavy (non-hydrogen) atoms. The first-order valence-electron chi connectivity index (χ1n) is 5.97. The van der Waals surface area contributed by atoms with E-state index in [1.165, 1.54) is 25.7 Å². The highest BCUT2D eigenvalue weighted by Gasteiger charge is 2.29. The molecule has 1 aliphatic carbocycles. The molecule has 0 heterocycles. The van der Waals surface area contributed by atoms with Gasteiger partial charge in [-0.05, 0) is 37.0 Å². The Morgan fingerprint density at radius 3 is 2.14 bits per heavy atom. The zero-order valence-corrected chi connectivity index (χ0v) is 9.97. The fourth-order valence-electron chi connectivity index (χ4n) is 2.45. The van der Waals surface area contributed by atoms with Gasteiger partial charge in [0.25, 0.3) is 0 Å². The average Bonchev–Trinajstić information content (AvgIpc) is 2.14. The van der Waals surface area contributed by atoms with Crippen molar-refractivity contribution in [2.24, 2.45) is 17.1 Å². The first kappa shape index (κ1) is 12.0. The van der Waals surface area contributed by atoms with Crippen LogP contribution in [-0.2, 0) is 0 Å². The molecular formula is C12H26N2. The second kappa shape index (κ2) is 5.13. The number of hydrogen-bond acceptors (Lipinski definition) is 2. The highest BCUT2D eigenvalue weighted by molar-refractivity contribution is 4.83. The summed E-state index contributed by atoms with van der Waals surface area (Å²) in [6, 6.07) is 0.733. The molecule has 1 aliphatic rings. The summed E-state index contributed by atoms with van der Waals surface area (Å²) in [4.78, 5) is 0. The largest absolute Gasteiger partial charge is 0.329 e. The molecule has 0 bridgehead atoms. The van der Waals surface area contributed by atoms with Crippen LogP contribution in [0, 0.1) is 11.3 Å². The summed E-state index contributed by atoms with van der Waals surface area (Å²) in [6.07, 6.45) is 5.43. The van der Waals surface area contributed by atoms with Crippen molar-refractivity contribution in [3.8, 4) is 0 Å². The van der Waals surface area contributed by atoms with Gasteiger partial charge in [0.2, 0.25) is 0 Å². The van der Waals surface area contributed by atoms with Gasteiger partial charge >= 0.3 is 0 Å². The van der Waals surface area contributed by atoms with E-state index in [2.05, 4.69) is 26.1 Å². The maximum Gasteiger partial charge on any atom is 0.00770 e. The number of nitrogens with one attached hydrogen (secondary N) is 1. The summed E-state index contributed by atoms with van der Waals surface area (Å²) in [5.74, 6) is 0.915. The Hall–Kier alpha value is -0.0800. The summed E-state index contributed by atoms with van der Waals surface area (Å²) in [6.45, 7) is 8.84. The number of hydrogen-bond donors (Lipinski definition) is 2. The SMILES string of the molecule is CC(C)(C)C1CCC(NCCN)CC1. The average molecular weight is 198 g/mol. The molecular weight excluding hydrogens is 172 g/mol. The van der Waals surface area contributed by atoms with Gasteiger partial charge in [0, 0.05) is 19.1 Å². The highest BCUT2D eigenvalue weighted by Crippen LogP contribution is 2.37. The van der Waals surface area contributed by atoms with Crippen LogP contribution >= 0.6 is 0 Å². The van der Waals surface area contributed by atoms with Crippen molar-refractivity contribution >= 4 is 0 Å². The van der Waals surface area contributed by atoms with E-state index in [9.17, 15) is 0 Å². The molecule has 0 aromatic carbocycles. The molecule has 0 radical (unpaired) electrons. The van der Waals surface area contributed by atoms with Gasteiger partial charge in [-0.25, -0.2) is 0 Å². The summed E-state index contributed by atoms with van der Waals surface area (Å²) in [5.41, 5.74) is 5.98. The Morgan fingerprint density at radius 1 is 1.14 bits per heavy atom. The second-order valence-electron chi connectivity index (χ2n) is 5.66. The topological polar surface area (TPSA) is 38.0 Å². The van der Waals surface area contributed by atoms with E-state index in [0.29, 0.717) is 5.41 Å². The maximum absolute atomic E-state index is 5.48. The van der Waals surface area contributed by atoms with Gasteiger partial charge in [-0.3, -0.25) is 0 Å². The van der Waals surface area contributed by atoms with Crippen molar-refractivity contribution in [2.75, 3.05) is 13.1 Å². The molecule has 0 atom stereocenters. The zero-order valence-electron chi connectivity index (χ0n) is 9.97. The Morgan fingerprint density at radius 2 is 1.71 bits per heavy atom. The van der Waals surface area contributed by atoms with E-state index in [1.807, 2.05) is 0 Å². The van der Waals surface area contributed by atoms with Crippen molar-refractivity contribution < 1.29 is 0 Å². The highest BCUT2D eigenvalue weighted by atomic mass is 14.9. The normalized spacial score (nSPS) is 29.1. The quantitative estimate of drug-likeness (QED) is 0.729. The molecule has 2 heteroatoms. The molecule has 0 aliphatic heterocycles. The van der Waals surface area contributed by atoms with E-state index < -0.39 is 0 Å². The molecule has 0 aromatic heterocycles. The summed E-state index contributed by atoms with van der Waals surface area (Å²) < 4.78 is 0. The van der Waals surface area contributed by atoms with Crippen molar-refractivity contribution in [3.63, 3.8) is 0 Å². The van der Waals surface area contributed by atoms with Crippen molar-refractivity contribution in [1.82, 2.24) is 5.32 Å². The molecule has 1 fully saturated rings. The van der Waals surface area contributed by atoms with Crippen LogP contribution in [0.2, 0.25) is 0 Å². The molecule has 0 amide bonds. The fourth-order valence-corrected chi connectivity index (χ4v) is 2.45. The van der Waals surface area contributed by atoms with Gasteiger partial charge in [0.05, 0.1) is 0 Å². The van der Waals surface area contributed by atoms with E-state index in [-0.39, 0.29) is 0 Å². The third-order valence-corrected chi connectivity index (χ3v) is 3.53. The molecule has 1 rings (SSSR count). The molecule has 84 valence electrons. The predicted octanol–water partition coefficient (Wildman–Crippen LogP) is 2.14. The summed E-state index contributed by atoms with van der Waals surface area (Å²) in [5, 5.41) is 3.52. The van der Waals surface area contributed by atoms with Gasteiger partial charge < -0.3 is 11.1 Å². The number of rotatable bonds is 3. The van der Waals surface area contributed by atoms with Crippen LogP contribution in [0.1, 0.15) is 46.5 Å². The van der Waals surface area contributed by atoms with Crippen LogP contribution in [-0.4, -0.2) is 19.1 Å². The smallest absolute Gasteiger partial charge is 0.00770 e. The van der Waals surface area contributed by atoms with Gasteiger partial charge in [-0.15, -0.1) is 0 Å². The number of nitrogens with two attached hydrogens (primary N) is 1. The standard InChI is InChI=1S/C12H26N2/c1-12(2,3)10-4-6-11(7-5-10)14-9-8-13/h10-11,14H,4-9,13H2,1-3H3. The van der Waals surface area contributed by atoms with E-state index in [4.69, 9.17) is 5.73 Å². The lowest BCUT2D eigenvalue weighted by Crippen LogP contribution is -2.38. The molecule has 0 unspecified atom stereocenters. The molecule has 0 saturated heterocycles. The van der Waals surface area contributed by atoms with Crippen molar-refractivity contribution in [3.05, 3.63) is 0 Å². The minimum absolute atomic E-state index is 0.499. The third-order valence-electron chi connectivity index (χ3n) is 3.53. The summed E-state index contributed by atoms with van der Waals surface area (Å²) >= 11 is 0. The molecule has 0 aromatic rings. The van der Waals surface area contributed by atoms with Crippen LogP contribution in [0.25, 0.3) is 0 Å². The first-order chi connectivity index (χ1) is 6.54. The Kier molecular flexibility index (Phi) is 4.39. The van der Waals surface area contributed by atoms with Crippen LogP contribution in [0.4, 0.5) is 0 Å². The van der Waals surface area contributed by atoms with E-state index >= 15 is 0 Å². The maximum atomic E-state index is 5.48. The minimum atomic E-state index is 0.499. The van der Waals surface area contributed by atoms with Gasteiger partial charge in [-0.2, -0.15) is 0 Å². The second-order valence-corrected chi connectivity index (χ2v) is 5.66. The lowest BCUT2D eigenvalue weighted by Gasteiger charge is -2.37. The lowest BCUT2D eigenvalue weighted by molar-refractivity contribution is 0.160. The summed E-state index contributed by atoms with van der Waals surface area (Å²) in [7, 11) is 0.